The van der Waals surface area contributed by atoms with Gasteiger partial charge in [0, 0.05) is 17.6 Å². The van der Waals surface area contributed by atoms with E-state index in [0.717, 1.165) is 4.90 Å². The number of halogens is 2. The van der Waals surface area contributed by atoms with E-state index in [9.17, 15) is 23.5 Å². The number of benzene rings is 1. The van der Waals surface area contributed by atoms with Crippen LogP contribution >= 0.6 is 0 Å². The van der Waals surface area contributed by atoms with Gasteiger partial charge in [-0.15, -0.1) is 0 Å². The van der Waals surface area contributed by atoms with Crippen molar-refractivity contribution < 1.29 is 23.5 Å². The van der Waals surface area contributed by atoms with E-state index in [2.05, 4.69) is 0 Å². The van der Waals surface area contributed by atoms with Gasteiger partial charge < -0.3 is 10.0 Å². The van der Waals surface area contributed by atoms with Gasteiger partial charge in [0.1, 0.15) is 0 Å². The van der Waals surface area contributed by atoms with Crippen LogP contribution in [0.1, 0.15) is 38.3 Å². The number of amides is 2. The Labute approximate surface area is 139 Å². The first-order valence-corrected chi connectivity index (χ1v) is 7.77. The number of carbonyl (C=O) groups is 2. The number of carbonyl (C=O) groups excluding carboxylic acids is 1. The Morgan fingerprint density at radius 3 is 2.46 bits per heavy atom. The van der Waals surface area contributed by atoms with Crippen molar-refractivity contribution in [3.8, 4) is 0 Å². The molecule has 0 saturated heterocycles. The van der Waals surface area contributed by atoms with E-state index in [0.29, 0.717) is 28.9 Å². The molecule has 132 valence electrons. The fraction of sp³-hybridized carbons (Fsp3) is 0.529. The minimum atomic E-state index is -2.62. The van der Waals surface area contributed by atoms with Crippen LogP contribution in [0.2, 0.25) is 0 Å². The Balaban J connectivity index is 2.54. The summed E-state index contributed by atoms with van der Waals surface area (Å²) in [5, 5.41) is 9.57. The number of carboxylic acid groups (broad SMARTS) is 1. The summed E-state index contributed by atoms with van der Waals surface area (Å²) < 4.78 is 25.6. The fourth-order valence-corrected chi connectivity index (χ4v) is 3.02. The first-order valence-electron chi connectivity index (χ1n) is 7.77. The molecule has 1 N–H and O–H groups in total. The highest BCUT2D eigenvalue weighted by Crippen LogP contribution is 2.36. The van der Waals surface area contributed by atoms with Crippen LogP contribution in [0, 0.1) is 6.92 Å². The molecule has 0 spiro atoms. The number of nitrogens with zero attached hydrogens (tertiary/aromatic N) is 2. The Kier molecular flexibility index (Phi) is 4.82. The maximum Gasteiger partial charge on any atom is 0.412 e. The molecule has 1 aromatic rings. The van der Waals surface area contributed by atoms with Crippen LogP contribution in [0.3, 0.4) is 0 Å². The molecule has 0 aliphatic carbocycles. The van der Waals surface area contributed by atoms with Crippen LogP contribution in [0.15, 0.2) is 12.1 Å². The van der Waals surface area contributed by atoms with Crippen molar-refractivity contribution in [3.05, 3.63) is 23.3 Å². The molecule has 1 aliphatic rings. The molecular weight excluding hydrogens is 318 g/mol. The summed E-state index contributed by atoms with van der Waals surface area (Å²) in [6.07, 6.45) is -3.14. The minimum Gasteiger partial charge on any atom is -0.465 e. The molecule has 0 saturated carbocycles. The SMILES string of the molecule is Cc1cc2c(cc1N(C(=O)O)C(C)(C)C)CCC(=O)N2CC(F)F. The van der Waals surface area contributed by atoms with Gasteiger partial charge in [-0.1, -0.05) is 0 Å². The third kappa shape index (κ3) is 3.49. The Morgan fingerprint density at radius 2 is 1.96 bits per heavy atom. The fourth-order valence-electron chi connectivity index (χ4n) is 3.02. The van der Waals surface area contributed by atoms with Crippen LogP contribution in [0.5, 0.6) is 0 Å². The number of aryl methyl sites for hydroxylation is 2. The number of fused-ring (bicyclic) bond motifs is 1. The number of anilines is 2. The maximum atomic E-state index is 12.8. The normalized spacial score (nSPS) is 14.8. The maximum absolute atomic E-state index is 12.8. The molecule has 0 radical (unpaired) electrons. The Hall–Kier alpha value is -2.18. The van der Waals surface area contributed by atoms with Crippen molar-refractivity contribution in [3.63, 3.8) is 0 Å². The molecule has 7 heteroatoms. The smallest absolute Gasteiger partial charge is 0.412 e. The molecule has 1 aliphatic heterocycles. The van der Waals surface area contributed by atoms with Gasteiger partial charge in [-0.25, -0.2) is 13.6 Å². The quantitative estimate of drug-likeness (QED) is 0.910. The number of rotatable bonds is 3. The van der Waals surface area contributed by atoms with Crippen molar-refractivity contribution >= 4 is 23.4 Å². The van der Waals surface area contributed by atoms with E-state index >= 15 is 0 Å². The second-order valence-electron chi connectivity index (χ2n) is 6.95. The van der Waals surface area contributed by atoms with Crippen LogP contribution in [0.4, 0.5) is 25.0 Å². The molecule has 5 nitrogen and oxygen atoms in total. The van der Waals surface area contributed by atoms with Crippen molar-refractivity contribution in [2.45, 2.75) is 52.5 Å². The van der Waals surface area contributed by atoms with Gasteiger partial charge in [0.05, 0.1) is 12.2 Å². The average Bonchev–Trinajstić information content (AvgIpc) is 2.41. The zero-order valence-electron chi connectivity index (χ0n) is 14.3. The summed E-state index contributed by atoms with van der Waals surface area (Å²) in [7, 11) is 0. The van der Waals surface area contributed by atoms with Gasteiger partial charge >= 0.3 is 6.09 Å². The summed E-state index contributed by atoms with van der Waals surface area (Å²) in [4.78, 5) is 26.0. The Bertz CT molecular complexity index is 669. The Morgan fingerprint density at radius 1 is 1.33 bits per heavy atom. The third-order valence-electron chi connectivity index (χ3n) is 4.02. The second kappa shape index (κ2) is 6.37. The van der Waals surface area contributed by atoms with E-state index in [1.165, 1.54) is 4.90 Å². The van der Waals surface area contributed by atoms with Crippen molar-refractivity contribution in [1.29, 1.82) is 0 Å². The molecule has 0 atom stereocenters. The van der Waals surface area contributed by atoms with E-state index < -0.39 is 24.6 Å². The molecule has 0 fully saturated rings. The molecule has 1 aromatic carbocycles. The van der Waals surface area contributed by atoms with Crippen LogP contribution in [-0.2, 0) is 11.2 Å². The van der Waals surface area contributed by atoms with E-state index in [4.69, 9.17) is 0 Å². The van der Waals surface area contributed by atoms with Gasteiger partial charge in [0.15, 0.2) is 0 Å². The first kappa shape index (κ1) is 18.2. The lowest BCUT2D eigenvalue weighted by molar-refractivity contribution is -0.119. The third-order valence-corrected chi connectivity index (χ3v) is 4.02. The molecule has 0 unspecified atom stereocenters. The monoisotopic (exact) mass is 340 g/mol. The molecule has 1 heterocycles. The summed E-state index contributed by atoms with van der Waals surface area (Å²) in [5.74, 6) is -0.333. The lowest BCUT2D eigenvalue weighted by Gasteiger charge is -2.36. The van der Waals surface area contributed by atoms with E-state index in [-0.39, 0.29) is 12.3 Å². The van der Waals surface area contributed by atoms with Gasteiger partial charge in [-0.2, -0.15) is 0 Å². The lowest BCUT2D eigenvalue weighted by Crippen LogP contribution is -2.46. The summed E-state index contributed by atoms with van der Waals surface area (Å²) in [6, 6.07) is 3.33. The van der Waals surface area contributed by atoms with Gasteiger partial charge in [0.2, 0.25) is 5.91 Å². The highest BCUT2D eigenvalue weighted by Gasteiger charge is 2.32. The van der Waals surface area contributed by atoms with Crippen molar-refractivity contribution in [1.82, 2.24) is 0 Å². The highest BCUT2D eigenvalue weighted by molar-refractivity contribution is 5.98. The summed E-state index contributed by atoms with van der Waals surface area (Å²) >= 11 is 0. The van der Waals surface area contributed by atoms with Crippen molar-refractivity contribution in [2.24, 2.45) is 0 Å². The lowest BCUT2D eigenvalue weighted by atomic mass is 9.95. The molecular formula is C17H22F2N2O3. The summed E-state index contributed by atoms with van der Waals surface area (Å²) in [5.41, 5.74) is 1.65. The van der Waals surface area contributed by atoms with Crippen molar-refractivity contribution in [2.75, 3.05) is 16.3 Å². The zero-order chi connectivity index (χ0) is 18.2. The number of alkyl halides is 2. The topological polar surface area (TPSA) is 60.9 Å². The molecule has 0 bridgehead atoms. The average molecular weight is 340 g/mol. The van der Waals surface area contributed by atoms with E-state index in [1.807, 2.05) is 0 Å². The largest absolute Gasteiger partial charge is 0.465 e. The first-order chi connectivity index (χ1) is 11.0. The van der Waals surface area contributed by atoms with Crippen LogP contribution in [0.25, 0.3) is 0 Å². The standard InChI is InChI=1S/C17H22F2N2O3/c1-10-7-13-11(5-6-15(22)20(13)9-14(18)19)8-12(10)21(16(23)24)17(2,3)4/h7-8,14H,5-6,9H2,1-4H3,(H,23,24). The van der Waals surface area contributed by atoms with Gasteiger partial charge in [-0.05, 0) is 57.4 Å². The van der Waals surface area contributed by atoms with Gasteiger partial charge in [0.25, 0.3) is 6.43 Å². The van der Waals surface area contributed by atoms with Gasteiger partial charge in [-0.3, -0.25) is 9.69 Å². The number of hydrogen-bond acceptors (Lipinski definition) is 2. The number of hydrogen-bond donors (Lipinski definition) is 1. The second-order valence-corrected chi connectivity index (χ2v) is 6.95. The molecule has 24 heavy (non-hydrogen) atoms. The zero-order valence-corrected chi connectivity index (χ0v) is 14.3. The predicted molar refractivity (Wildman–Crippen MR) is 88.1 cm³/mol. The molecule has 0 aromatic heterocycles. The predicted octanol–water partition coefficient (Wildman–Crippen LogP) is 3.82. The van der Waals surface area contributed by atoms with Crippen LogP contribution in [-0.4, -0.2) is 35.6 Å². The molecule has 2 amide bonds. The molecule has 2 rings (SSSR count). The van der Waals surface area contributed by atoms with Crippen LogP contribution < -0.4 is 9.80 Å². The minimum absolute atomic E-state index is 0.144. The summed E-state index contributed by atoms with van der Waals surface area (Å²) in [6.45, 7) is 6.43. The highest BCUT2D eigenvalue weighted by atomic mass is 19.3. The van der Waals surface area contributed by atoms with E-state index in [1.54, 1.807) is 39.8 Å².